The smallest absolute Gasteiger partial charge is 0.145 e. The number of nitrogen functional groups attached to an aromatic ring is 1. The molecule has 0 bridgehead atoms. The van der Waals surface area contributed by atoms with Crippen molar-refractivity contribution in [1.82, 2.24) is 4.90 Å². The van der Waals surface area contributed by atoms with Crippen LogP contribution in [0.25, 0.3) is 0 Å². The highest BCUT2D eigenvalue weighted by molar-refractivity contribution is 5.58. The highest BCUT2D eigenvalue weighted by Gasteiger charge is 2.20. The minimum Gasteiger partial charge on any atom is -0.488 e. The number of aryl methyl sites for hydroxylation is 2. The van der Waals surface area contributed by atoms with E-state index in [1.165, 1.54) is 23.4 Å². The summed E-state index contributed by atoms with van der Waals surface area (Å²) in [5, 5.41) is 10.5. The van der Waals surface area contributed by atoms with Gasteiger partial charge in [0.25, 0.3) is 0 Å². The molecule has 1 fully saturated rings. The van der Waals surface area contributed by atoms with Gasteiger partial charge < -0.3 is 20.5 Å². The van der Waals surface area contributed by atoms with E-state index in [9.17, 15) is 9.50 Å². The Balaban J connectivity index is 1.22. The van der Waals surface area contributed by atoms with E-state index in [0.717, 1.165) is 49.3 Å². The summed E-state index contributed by atoms with van der Waals surface area (Å²) in [5.74, 6) is 0.460. The number of piperazine rings is 1. The number of benzene rings is 3. The Morgan fingerprint density at radius 2 is 1.56 bits per heavy atom. The van der Waals surface area contributed by atoms with Gasteiger partial charge in [-0.15, -0.1) is 0 Å². The van der Waals surface area contributed by atoms with E-state index < -0.39 is 6.10 Å². The van der Waals surface area contributed by atoms with E-state index in [4.69, 9.17) is 10.5 Å². The lowest BCUT2D eigenvalue weighted by Crippen LogP contribution is -2.49. The first-order chi connectivity index (χ1) is 16.4. The lowest BCUT2D eigenvalue weighted by molar-refractivity contribution is 0.0663. The molecular weight excluding hydrogens is 429 g/mol. The predicted octanol–water partition coefficient (Wildman–Crippen LogP) is 4.18. The molecule has 6 heteroatoms. The Morgan fingerprint density at radius 1 is 0.941 bits per heavy atom. The second-order valence-corrected chi connectivity index (χ2v) is 9.22. The van der Waals surface area contributed by atoms with Crippen LogP contribution in [0.5, 0.6) is 5.75 Å². The quantitative estimate of drug-likeness (QED) is 0.491. The molecule has 180 valence electrons. The number of β-amino-alcohol motifs (C(OH)–C–C–N with tert-alkyl or cyclic N) is 1. The summed E-state index contributed by atoms with van der Waals surface area (Å²) in [4.78, 5) is 4.65. The summed E-state index contributed by atoms with van der Waals surface area (Å²) in [5.41, 5.74) is 12.3. The van der Waals surface area contributed by atoms with E-state index in [0.29, 0.717) is 18.0 Å². The summed E-state index contributed by atoms with van der Waals surface area (Å²) in [6.45, 7) is 8.38. The number of rotatable bonds is 8. The van der Waals surface area contributed by atoms with E-state index in [2.05, 4.69) is 34.1 Å². The zero-order valence-electron chi connectivity index (χ0n) is 20.0. The molecule has 3 N–H and O–H groups in total. The van der Waals surface area contributed by atoms with Gasteiger partial charge in [0, 0.05) is 38.4 Å². The standard InChI is InChI=1S/C28H34FN3O2/c1-20-15-21(2)28(27(30)16-20)34-19-26(33)18-31-11-13-32(14-12-31)25-9-5-23(6-10-25)17-22-3-7-24(29)8-4-22/h3-10,15-16,26,33H,11-14,17-19,30H2,1-2H3. The van der Waals surface area contributed by atoms with Crippen LogP contribution in [-0.4, -0.2) is 55.4 Å². The number of aliphatic hydroxyl groups is 1. The van der Waals surface area contributed by atoms with Gasteiger partial charge in [-0.05, 0) is 72.9 Å². The van der Waals surface area contributed by atoms with Gasteiger partial charge in [-0.25, -0.2) is 4.39 Å². The fourth-order valence-electron chi connectivity index (χ4n) is 4.57. The third-order valence-corrected chi connectivity index (χ3v) is 6.33. The van der Waals surface area contributed by atoms with Crippen molar-refractivity contribution in [2.45, 2.75) is 26.4 Å². The van der Waals surface area contributed by atoms with Crippen molar-refractivity contribution in [3.8, 4) is 5.75 Å². The monoisotopic (exact) mass is 463 g/mol. The van der Waals surface area contributed by atoms with Crippen LogP contribution in [0.2, 0.25) is 0 Å². The molecule has 1 heterocycles. The molecule has 1 aliphatic heterocycles. The van der Waals surface area contributed by atoms with Crippen LogP contribution in [0.3, 0.4) is 0 Å². The third-order valence-electron chi connectivity index (χ3n) is 6.33. The molecule has 0 amide bonds. The fourth-order valence-corrected chi connectivity index (χ4v) is 4.57. The Bertz CT molecular complexity index is 1050. The van der Waals surface area contributed by atoms with Crippen molar-refractivity contribution in [3.63, 3.8) is 0 Å². The van der Waals surface area contributed by atoms with Crippen LogP contribution in [-0.2, 0) is 6.42 Å². The van der Waals surface area contributed by atoms with Crippen LogP contribution in [0.15, 0.2) is 60.7 Å². The van der Waals surface area contributed by atoms with Crippen molar-refractivity contribution in [3.05, 3.63) is 88.7 Å². The zero-order valence-corrected chi connectivity index (χ0v) is 20.0. The number of anilines is 2. The van der Waals surface area contributed by atoms with Crippen molar-refractivity contribution in [1.29, 1.82) is 0 Å². The van der Waals surface area contributed by atoms with Gasteiger partial charge in [0.15, 0.2) is 0 Å². The number of aliphatic hydroxyl groups excluding tert-OH is 1. The normalized spacial score (nSPS) is 15.4. The summed E-state index contributed by atoms with van der Waals surface area (Å²) >= 11 is 0. The lowest BCUT2D eigenvalue weighted by atomic mass is 10.0. The van der Waals surface area contributed by atoms with E-state index in [1.54, 1.807) is 0 Å². The third kappa shape index (κ3) is 6.27. The van der Waals surface area contributed by atoms with Crippen molar-refractivity contribution in [2.24, 2.45) is 0 Å². The van der Waals surface area contributed by atoms with Gasteiger partial charge in [-0.2, -0.15) is 0 Å². The van der Waals surface area contributed by atoms with Crippen LogP contribution < -0.4 is 15.4 Å². The molecule has 4 rings (SSSR count). The molecule has 34 heavy (non-hydrogen) atoms. The highest BCUT2D eigenvalue weighted by atomic mass is 19.1. The molecule has 5 nitrogen and oxygen atoms in total. The first-order valence-electron chi connectivity index (χ1n) is 11.9. The van der Waals surface area contributed by atoms with Crippen LogP contribution >= 0.6 is 0 Å². The maximum Gasteiger partial charge on any atom is 0.145 e. The number of ether oxygens (including phenoxy) is 1. The van der Waals surface area contributed by atoms with Gasteiger partial charge in [0.2, 0.25) is 0 Å². The minimum absolute atomic E-state index is 0.204. The Labute approximate surface area is 201 Å². The van der Waals surface area contributed by atoms with Crippen LogP contribution in [0.1, 0.15) is 22.3 Å². The molecule has 3 aromatic rings. The molecule has 0 spiro atoms. The average molecular weight is 464 g/mol. The first kappa shape index (κ1) is 24.0. The number of nitrogens with zero attached hydrogens (tertiary/aromatic N) is 2. The number of hydrogen-bond donors (Lipinski definition) is 2. The summed E-state index contributed by atoms with van der Waals surface area (Å²) < 4.78 is 18.9. The molecule has 0 saturated carbocycles. The maximum atomic E-state index is 13.1. The van der Waals surface area contributed by atoms with E-state index >= 15 is 0 Å². The molecule has 3 aromatic carbocycles. The van der Waals surface area contributed by atoms with Gasteiger partial charge in [0.1, 0.15) is 24.3 Å². The fraction of sp³-hybridized carbons (Fsp3) is 0.357. The van der Waals surface area contributed by atoms with E-state index in [1.807, 2.05) is 38.1 Å². The van der Waals surface area contributed by atoms with Gasteiger partial charge in [-0.3, -0.25) is 4.90 Å². The molecule has 1 atom stereocenters. The summed E-state index contributed by atoms with van der Waals surface area (Å²) in [6, 6.07) is 19.2. The molecular formula is C28H34FN3O2. The van der Waals surface area contributed by atoms with Gasteiger partial charge in [-0.1, -0.05) is 30.3 Å². The average Bonchev–Trinajstić information content (AvgIpc) is 2.81. The highest BCUT2D eigenvalue weighted by Crippen LogP contribution is 2.27. The van der Waals surface area contributed by atoms with Crippen LogP contribution in [0, 0.1) is 19.7 Å². The Morgan fingerprint density at radius 3 is 2.18 bits per heavy atom. The Hall–Kier alpha value is -3.09. The zero-order chi connectivity index (χ0) is 24.1. The predicted molar refractivity (Wildman–Crippen MR) is 136 cm³/mol. The van der Waals surface area contributed by atoms with Crippen molar-refractivity contribution < 1.29 is 14.2 Å². The number of nitrogens with two attached hydrogens (primary N) is 1. The lowest BCUT2D eigenvalue weighted by Gasteiger charge is -2.37. The van der Waals surface area contributed by atoms with Gasteiger partial charge in [0.05, 0.1) is 5.69 Å². The van der Waals surface area contributed by atoms with Crippen molar-refractivity contribution >= 4 is 11.4 Å². The minimum atomic E-state index is -0.572. The second-order valence-electron chi connectivity index (χ2n) is 9.22. The summed E-state index contributed by atoms with van der Waals surface area (Å²) in [6.07, 6.45) is 0.222. The molecule has 0 radical (unpaired) electrons. The summed E-state index contributed by atoms with van der Waals surface area (Å²) in [7, 11) is 0. The molecule has 1 aliphatic rings. The number of halogens is 1. The van der Waals surface area contributed by atoms with Crippen LogP contribution in [0.4, 0.5) is 15.8 Å². The van der Waals surface area contributed by atoms with Crippen molar-refractivity contribution in [2.75, 3.05) is 50.0 Å². The number of hydrogen-bond acceptors (Lipinski definition) is 5. The van der Waals surface area contributed by atoms with Gasteiger partial charge >= 0.3 is 0 Å². The SMILES string of the molecule is Cc1cc(C)c(OCC(O)CN2CCN(c3ccc(Cc4ccc(F)cc4)cc3)CC2)c(N)c1. The Kier molecular flexibility index (Phi) is 7.70. The molecule has 0 aromatic heterocycles. The molecule has 1 unspecified atom stereocenters. The maximum absolute atomic E-state index is 13.1. The molecule has 0 aliphatic carbocycles. The largest absolute Gasteiger partial charge is 0.488 e. The topological polar surface area (TPSA) is 62.0 Å². The molecule has 1 saturated heterocycles. The first-order valence-corrected chi connectivity index (χ1v) is 11.9. The van der Waals surface area contributed by atoms with E-state index in [-0.39, 0.29) is 12.4 Å². The second kappa shape index (κ2) is 10.9.